The number of rotatable bonds is 5. The Morgan fingerprint density at radius 1 is 1.32 bits per heavy atom. The molecule has 0 unspecified atom stereocenters. The van der Waals surface area contributed by atoms with Gasteiger partial charge in [0.05, 0.1) is 18.6 Å². The number of nitrogens with two attached hydrogens (primary N) is 1. The highest BCUT2D eigenvalue weighted by Gasteiger charge is 2.15. The smallest absolute Gasteiger partial charge is 0.340 e. The summed E-state index contributed by atoms with van der Waals surface area (Å²) in [6.45, 7) is 2.28. The Hall–Kier alpha value is -2.04. The van der Waals surface area contributed by atoms with Gasteiger partial charge in [0.1, 0.15) is 0 Å². The van der Waals surface area contributed by atoms with E-state index in [2.05, 4.69) is 0 Å². The summed E-state index contributed by atoms with van der Waals surface area (Å²) in [7, 11) is 3.36. The van der Waals surface area contributed by atoms with Crippen molar-refractivity contribution in [2.45, 2.75) is 19.8 Å². The van der Waals surface area contributed by atoms with E-state index in [0.717, 1.165) is 6.42 Å². The number of carbonyl (C=O) groups is 2. The van der Waals surface area contributed by atoms with Gasteiger partial charge in [-0.25, -0.2) is 4.79 Å². The molecule has 5 nitrogen and oxygen atoms in total. The predicted molar refractivity (Wildman–Crippen MR) is 73.8 cm³/mol. The minimum Gasteiger partial charge on any atom is -0.462 e. The first kappa shape index (κ1) is 15.0. The molecule has 1 aromatic rings. The molecule has 0 saturated carbocycles. The van der Waals surface area contributed by atoms with Gasteiger partial charge in [-0.3, -0.25) is 4.79 Å². The molecule has 0 bridgehead atoms. The maximum absolute atomic E-state index is 11.8. The summed E-state index contributed by atoms with van der Waals surface area (Å²) in [5, 5.41) is 0. The molecule has 0 aliphatic carbocycles. The number of anilines is 1. The molecule has 0 fully saturated rings. The van der Waals surface area contributed by atoms with Crippen LogP contribution in [0.4, 0.5) is 5.69 Å². The maximum atomic E-state index is 11.8. The third-order valence-corrected chi connectivity index (χ3v) is 2.69. The number of esters is 1. The van der Waals surface area contributed by atoms with Crippen molar-refractivity contribution in [2.24, 2.45) is 0 Å². The lowest BCUT2D eigenvalue weighted by atomic mass is 10.0. The van der Waals surface area contributed by atoms with E-state index >= 15 is 0 Å². The molecule has 0 aliphatic heterocycles. The van der Waals surface area contributed by atoms with E-state index in [1.807, 2.05) is 6.92 Å². The number of nitrogen functional groups attached to an aromatic ring is 1. The summed E-state index contributed by atoms with van der Waals surface area (Å²) in [5.41, 5.74) is 7.21. The number of carbonyl (C=O) groups excluding carboxylic acids is 2. The van der Waals surface area contributed by atoms with Crippen LogP contribution in [0.25, 0.3) is 0 Å². The molecule has 0 atom stereocenters. The lowest BCUT2D eigenvalue weighted by Gasteiger charge is -2.13. The van der Waals surface area contributed by atoms with Crippen molar-refractivity contribution in [1.29, 1.82) is 0 Å². The van der Waals surface area contributed by atoms with Crippen LogP contribution in [0.3, 0.4) is 0 Å². The van der Waals surface area contributed by atoms with E-state index in [9.17, 15) is 9.59 Å². The van der Waals surface area contributed by atoms with E-state index in [0.29, 0.717) is 23.4 Å². The molecule has 0 heterocycles. The molecular formula is C14H20N2O3. The minimum absolute atomic E-state index is 0.0641. The minimum atomic E-state index is -0.446. The fourth-order valence-electron chi connectivity index (χ4n) is 1.54. The average molecular weight is 264 g/mol. The van der Waals surface area contributed by atoms with Crippen LogP contribution < -0.4 is 5.73 Å². The second kappa shape index (κ2) is 6.78. The fourth-order valence-corrected chi connectivity index (χ4v) is 1.54. The highest BCUT2D eigenvalue weighted by Crippen LogP contribution is 2.19. The summed E-state index contributed by atoms with van der Waals surface area (Å²) in [5.74, 6) is -0.510. The molecule has 2 N–H and O–H groups in total. The lowest BCUT2D eigenvalue weighted by Crippen LogP contribution is -2.24. The Kier molecular flexibility index (Phi) is 5.36. The Balaban J connectivity index is 2.92. The zero-order valence-corrected chi connectivity index (χ0v) is 11.6. The van der Waals surface area contributed by atoms with Crippen molar-refractivity contribution < 1.29 is 14.3 Å². The van der Waals surface area contributed by atoms with Gasteiger partial charge in [0.15, 0.2) is 0 Å². The van der Waals surface area contributed by atoms with Crippen LogP contribution in [0.2, 0.25) is 0 Å². The number of likely N-dealkylation sites (N-methyl/N-ethyl adjacent to an activating group) is 1. The van der Waals surface area contributed by atoms with E-state index in [1.54, 1.807) is 32.3 Å². The molecule has 1 aromatic carbocycles. The first-order valence-electron chi connectivity index (χ1n) is 6.22. The summed E-state index contributed by atoms with van der Waals surface area (Å²) in [6, 6.07) is 5.06. The van der Waals surface area contributed by atoms with Gasteiger partial charge in [0, 0.05) is 19.8 Å². The molecule has 19 heavy (non-hydrogen) atoms. The third-order valence-electron chi connectivity index (χ3n) is 2.69. The Labute approximate surface area is 113 Å². The monoisotopic (exact) mass is 264 g/mol. The summed E-state index contributed by atoms with van der Waals surface area (Å²) in [4.78, 5) is 25.0. The van der Waals surface area contributed by atoms with Gasteiger partial charge in [0.25, 0.3) is 0 Å². The molecule has 1 rings (SSSR count). The van der Waals surface area contributed by atoms with Crippen LogP contribution in [0.1, 0.15) is 29.3 Å². The van der Waals surface area contributed by atoms with Crippen LogP contribution in [-0.2, 0) is 16.0 Å². The van der Waals surface area contributed by atoms with Gasteiger partial charge < -0.3 is 15.4 Å². The molecule has 0 aliphatic rings. The first-order chi connectivity index (χ1) is 8.97. The summed E-state index contributed by atoms with van der Waals surface area (Å²) >= 11 is 0. The lowest BCUT2D eigenvalue weighted by molar-refractivity contribution is -0.127. The van der Waals surface area contributed by atoms with Crippen LogP contribution in [0.5, 0.6) is 0 Å². The third kappa shape index (κ3) is 3.98. The first-order valence-corrected chi connectivity index (χ1v) is 6.22. The molecule has 0 radical (unpaired) electrons. The SMILES string of the molecule is CCCOC(=O)c1cccc(CC(=O)N(C)C)c1N. The van der Waals surface area contributed by atoms with E-state index < -0.39 is 5.97 Å². The standard InChI is InChI=1S/C14H20N2O3/c1-4-8-19-14(18)11-7-5-6-10(13(11)15)9-12(17)16(2)3/h5-7H,4,8-9,15H2,1-3H3. The largest absolute Gasteiger partial charge is 0.462 e. The van der Waals surface area contributed by atoms with Crippen LogP contribution >= 0.6 is 0 Å². The Bertz CT molecular complexity index is 470. The highest BCUT2D eigenvalue weighted by atomic mass is 16.5. The molecule has 1 amide bonds. The van der Waals surface area contributed by atoms with Crippen LogP contribution in [0, 0.1) is 0 Å². The Morgan fingerprint density at radius 2 is 2.00 bits per heavy atom. The van der Waals surface area contributed by atoms with Gasteiger partial charge in [0.2, 0.25) is 5.91 Å². The van der Waals surface area contributed by atoms with Gasteiger partial charge in [-0.05, 0) is 18.1 Å². The van der Waals surface area contributed by atoms with Crippen molar-refractivity contribution in [3.8, 4) is 0 Å². The van der Waals surface area contributed by atoms with E-state index in [4.69, 9.17) is 10.5 Å². The summed E-state index contributed by atoms with van der Waals surface area (Å²) < 4.78 is 5.05. The molecule has 0 saturated heterocycles. The van der Waals surface area contributed by atoms with Crippen LogP contribution in [0.15, 0.2) is 18.2 Å². The van der Waals surface area contributed by atoms with Crippen molar-refractivity contribution >= 4 is 17.6 Å². The van der Waals surface area contributed by atoms with Gasteiger partial charge in [-0.15, -0.1) is 0 Å². The quantitative estimate of drug-likeness (QED) is 0.645. The highest BCUT2D eigenvalue weighted by molar-refractivity contribution is 5.96. The van der Waals surface area contributed by atoms with Crippen molar-refractivity contribution in [2.75, 3.05) is 26.4 Å². The van der Waals surface area contributed by atoms with E-state index in [1.165, 1.54) is 4.90 Å². The second-order valence-electron chi connectivity index (χ2n) is 4.48. The zero-order valence-electron chi connectivity index (χ0n) is 11.6. The second-order valence-corrected chi connectivity index (χ2v) is 4.48. The van der Waals surface area contributed by atoms with Crippen molar-refractivity contribution in [1.82, 2.24) is 4.90 Å². The molecule has 0 aromatic heterocycles. The van der Waals surface area contributed by atoms with E-state index in [-0.39, 0.29) is 12.3 Å². The van der Waals surface area contributed by atoms with Gasteiger partial charge >= 0.3 is 5.97 Å². The average Bonchev–Trinajstić information content (AvgIpc) is 2.38. The van der Waals surface area contributed by atoms with Crippen molar-refractivity contribution in [3.63, 3.8) is 0 Å². The van der Waals surface area contributed by atoms with Gasteiger partial charge in [-0.1, -0.05) is 19.1 Å². The van der Waals surface area contributed by atoms with Gasteiger partial charge in [-0.2, -0.15) is 0 Å². The molecular weight excluding hydrogens is 244 g/mol. The number of amides is 1. The predicted octanol–water partition coefficient (Wildman–Crippen LogP) is 1.47. The Morgan fingerprint density at radius 3 is 2.58 bits per heavy atom. The van der Waals surface area contributed by atoms with Crippen LogP contribution in [-0.4, -0.2) is 37.5 Å². The fraction of sp³-hybridized carbons (Fsp3) is 0.429. The normalized spacial score (nSPS) is 10.1. The molecule has 5 heteroatoms. The number of hydrogen-bond acceptors (Lipinski definition) is 4. The molecule has 104 valence electrons. The molecule has 0 spiro atoms. The number of para-hydroxylation sites is 1. The maximum Gasteiger partial charge on any atom is 0.340 e. The number of benzene rings is 1. The zero-order chi connectivity index (χ0) is 14.4. The number of nitrogens with zero attached hydrogens (tertiary/aromatic N) is 1. The van der Waals surface area contributed by atoms with Crippen molar-refractivity contribution in [3.05, 3.63) is 29.3 Å². The number of ether oxygens (including phenoxy) is 1. The topological polar surface area (TPSA) is 72.6 Å². The summed E-state index contributed by atoms with van der Waals surface area (Å²) in [6.07, 6.45) is 0.929. The number of hydrogen-bond donors (Lipinski definition) is 1.